The molecule has 1 aromatic rings. The maximum Gasteiger partial charge on any atom is 0.166 e. The zero-order valence-corrected chi connectivity index (χ0v) is 9.17. The van der Waals surface area contributed by atoms with Gasteiger partial charge in [-0.2, -0.15) is 0 Å². The van der Waals surface area contributed by atoms with Crippen LogP contribution in [0.1, 0.15) is 31.7 Å². The van der Waals surface area contributed by atoms with Crippen LogP contribution in [-0.4, -0.2) is 20.8 Å². The van der Waals surface area contributed by atoms with E-state index in [1.54, 1.807) is 10.9 Å². The smallest absolute Gasteiger partial charge is 0.166 e. The molecule has 78 valence electrons. The molecule has 1 fully saturated rings. The fraction of sp³-hybridized carbons (Fsp3) is 0.667. The molecule has 2 rings (SSSR count). The zero-order valence-electron chi connectivity index (χ0n) is 7.66. The van der Waals surface area contributed by atoms with Gasteiger partial charge in [0.15, 0.2) is 5.15 Å². The number of nitrogens with zero attached hydrogens (tertiary/aromatic N) is 2. The Morgan fingerprint density at radius 3 is 2.64 bits per heavy atom. The van der Waals surface area contributed by atoms with E-state index in [2.05, 4.69) is 4.98 Å². The number of hydrogen-bond donors (Lipinski definition) is 1. The van der Waals surface area contributed by atoms with Crippen molar-refractivity contribution in [1.82, 2.24) is 9.55 Å². The van der Waals surface area contributed by atoms with Gasteiger partial charge in [-0.05, 0) is 12.8 Å². The number of aromatic nitrogens is 2. The molecule has 0 bridgehead atoms. The Morgan fingerprint density at radius 1 is 1.36 bits per heavy atom. The van der Waals surface area contributed by atoms with Crippen LogP contribution in [0.2, 0.25) is 10.3 Å². The van der Waals surface area contributed by atoms with Crippen LogP contribution in [-0.2, 0) is 0 Å². The molecule has 0 radical (unpaired) electrons. The van der Waals surface area contributed by atoms with Crippen LogP contribution in [0.15, 0.2) is 6.33 Å². The van der Waals surface area contributed by atoms with Crippen LogP contribution in [0.5, 0.6) is 0 Å². The molecule has 1 heterocycles. The molecule has 1 aromatic heterocycles. The van der Waals surface area contributed by atoms with E-state index in [-0.39, 0.29) is 12.1 Å². The molecule has 5 heteroatoms. The third-order valence-electron chi connectivity index (χ3n) is 2.74. The lowest BCUT2D eigenvalue weighted by atomic mass is 9.92. The lowest BCUT2D eigenvalue weighted by Crippen LogP contribution is -2.27. The first-order chi connectivity index (χ1) is 6.70. The van der Waals surface area contributed by atoms with Crippen molar-refractivity contribution in [3.8, 4) is 0 Å². The van der Waals surface area contributed by atoms with Crippen LogP contribution in [0.25, 0.3) is 0 Å². The molecule has 0 saturated heterocycles. The Kier molecular flexibility index (Phi) is 3.00. The number of halogens is 2. The summed E-state index contributed by atoms with van der Waals surface area (Å²) < 4.78 is 1.77. The van der Waals surface area contributed by atoms with Crippen LogP contribution in [0, 0.1) is 0 Å². The first kappa shape index (κ1) is 10.3. The van der Waals surface area contributed by atoms with Crippen molar-refractivity contribution in [1.29, 1.82) is 0 Å². The van der Waals surface area contributed by atoms with Gasteiger partial charge in [0, 0.05) is 0 Å². The van der Waals surface area contributed by atoms with Crippen LogP contribution < -0.4 is 0 Å². The van der Waals surface area contributed by atoms with E-state index in [4.69, 9.17) is 23.2 Å². The lowest BCUT2D eigenvalue weighted by Gasteiger charge is -2.28. The summed E-state index contributed by atoms with van der Waals surface area (Å²) in [4.78, 5) is 3.91. The molecule has 0 aromatic carbocycles. The predicted molar refractivity (Wildman–Crippen MR) is 55.8 cm³/mol. The zero-order chi connectivity index (χ0) is 10.1. The molecular weight excluding hydrogens is 223 g/mol. The molecule has 0 spiro atoms. The Balaban J connectivity index is 2.24. The minimum atomic E-state index is -0.327. The standard InChI is InChI=1S/C9H12Cl2N2O/c10-8-9(11)13(5-12-8)6-3-1-2-4-7(6)14/h5-7,14H,1-4H2/t6?,7-/m0/s1. The maximum absolute atomic E-state index is 9.81. The molecule has 0 amide bonds. The number of aliphatic hydroxyl groups is 1. The Hall–Kier alpha value is -0.250. The van der Waals surface area contributed by atoms with Crippen molar-refractivity contribution in [3.63, 3.8) is 0 Å². The van der Waals surface area contributed by atoms with Gasteiger partial charge >= 0.3 is 0 Å². The highest BCUT2D eigenvalue weighted by atomic mass is 35.5. The van der Waals surface area contributed by atoms with E-state index < -0.39 is 0 Å². The average Bonchev–Trinajstić information content (AvgIpc) is 2.49. The molecule has 0 aliphatic heterocycles. The summed E-state index contributed by atoms with van der Waals surface area (Å²) in [6.07, 6.45) is 5.24. The Morgan fingerprint density at radius 2 is 2.07 bits per heavy atom. The van der Waals surface area contributed by atoms with Crippen molar-refractivity contribution in [2.24, 2.45) is 0 Å². The number of aliphatic hydroxyl groups excluding tert-OH is 1. The number of imidazole rings is 1. The van der Waals surface area contributed by atoms with Crippen LogP contribution in [0.3, 0.4) is 0 Å². The largest absolute Gasteiger partial charge is 0.391 e. The van der Waals surface area contributed by atoms with Gasteiger partial charge in [-0.25, -0.2) is 4.98 Å². The fourth-order valence-electron chi connectivity index (χ4n) is 1.97. The van der Waals surface area contributed by atoms with Gasteiger partial charge in [0.05, 0.1) is 18.5 Å². The van der Waals surface area contributed by atoms with E-state index in [0.29, 0.717) is 10.3 Å². The summed E-state index contributed by atoms with van der Waals surface area (Å²) >= 11 is 11.7. The van der Waals surface area contributed by atoms with Gasteiger partial charge in [-0.1, -0.05) is 36.0 Å². The number of rotatable bonds is 1. The molecule has 1 aliphatic rings. The summed E-state index contributed by atoms with van der Waals surface area (Å²) in [5.74, 6) is 0. The fourth-order valence-corrected chi connectivity index (χ4v) is 2.33. The molecule has 1 aliphatic carbocycles. The summed E-state index contributed by atoms with van der Waals surface area (Å²) in [6, 6.07) is 0.0382. The predicted octanol–water partition coefficient (Wildman–Crippen LogP) is 2.67. The summed E-state index contributed by atoms with van der Waals surface area (Å²) in [5.41, 5.74) is 0. The molecule has 14 heavy (non-hydrogen) atoms. The third-order valence-corrected chi connectivity index (χ3v) is 3.49. The normalized spacial score (nSPS) is 27.9. The highest BCUT2D eigenvalue weighted by molar-refractivity contribution is 6.40. The Bertz CT molecular complexity index is 327. The SMILES string of the molecule is O[C@H]1CCCCC1n1cnc(Cl)c1Cl. The molecule has 2 atom stereocenters. The second-order valence-electron chi connectivity index (χ2n) is 3.65. The third kappa shape index (κ3) is 1.76. The minimum Gasteiger partial charge on any atom is -0.391 e. The molecule has 1 unspecified atom stereocenters. The lowest BCUT2D eigenvalue weighted by molar-refractivity contribution is 0.0755. The van der Waals surface area contributed by atoms with Gasteiger partial charge in [-0.15, -0.1) is 0 Å². The molecule has 3 nitrogen and oxygen atoms in total. The van der Waals surface area contributed by atoms with E-state index in [1.165, 1.54) is 0 Å². The van der Waals surface area contributed by atoms with E-state index >= 15 is 0 Å². The van der Waals surface area contributed by atoms with Gasteiger partial charge in [0.25, 0.3) is 0 Å². The van der Waals surface area contributed by atoms with Gasteiger partial charge in [-0.3, -0.25) is 0 Å². The first-order valence-electron chi connectivity index (χ1n) is 4.76. The minimum absolute atomic E-state index is 0.0382. The Labute approximate surface area is 92.7 Å². The highest BCUT2D eigenvalue weighted by Crippen LogP contribution is 2.33. The van der Waals surface area contributed by atoms with Crippen molar-refractivity contribution >= 4 is 23.2 Å². The van der Waals surface area contributed by atoms with Gasteiger partial charge in [0.2, 0.25) is 0 Å². The van der Waals surface area contributed by atoms with E-state index in [0.717, 1.165) is 25.7 Å². The highest BCUT2D eigenvalue weighted by Gasteiger charge is 2.26. The van der Waals surface area contributed by atoms with Crippen molar-refractivity contribution in [3.05, 3.63) is 16.6 Å². The van der Waals surface area contributed by atoms with Crippen LogP contribution in [0.4, 0.5) is 0 Å². The van der Waals surface area contributed by atoms with Gasteiger partial charge in [0.1, 0.15) is 5.15 Å². The molecular formula is C9H12Cl2N2O. The summed E-state index contributed by atoms with van der Waals surface area (Å²) in [6.45, 7) is 0. The monoisotopic (exact) mass is 234 g/mol. The molecule has 1 saturated carbocycles. The quantitative estimate of drug-likeness (QED) is 0.812. The molecule has 1 N–H and O–H groups in total. The second-order valence-corrected chi connectivity index (χ2v) is 4.37. The van der Waals surface area contributed by atoms with Crippen molar-refractivity contribution in [2.45, 2.75) is 37.8 Å². The maximum atomic E-state index is 9.81. The summed E-state index contributed by atoms with van der Waals surface area (Å²) in [7, 11) is 0. The number of hydrogen-bond acceptors (Lipinski definition) is 2. The topological polar surface area (TPSA) is 38.0 Å². The second kappa shape index (κ2) is 4.09. The summed E-state index contributed by atoms with van der Waals surface area (Å²) in [5, 5.41) is 10.5. The van der Waals surface area contributed by atoms with Crippen molar-refractivity contribution < 1.29 is 5.11 Å². The van der Waals surface area contributed by atoms with E-state index in [1.807, 2.05) is 0 Å². The van der Waals surface area contributed by atoms with Gasteiger partial charge < -0.3 is 9.67 Å². The van der Waals surface area contributed by atoms with Crippen LogP contribution >= 0.6 is 23.2 Å². The average molecular weight is 235 g/mol. The van der Waals surface area contributed by atoms with E-state index in [9.17, 15) is 5.11 Å². The van der Waals surface area contributed by atoms with Crippen molar-refractivity contribution in [2.75, 3.05) is 0 Å². The first-order valence-corrected chi connectivity index (χ1v) is 5.51.